The van der Waals surface area contributed by atoms with Gasteiger partial charge in [-0.2, -0.15) is 13.2 Å². The van der Waals surface area contributed by atoms with Crippen molar-refractivity contribution >= 4 is 16.5 Å². The van der Waals surface area contributed by atoms with Crippen molar-refractivity contribution in [2.45, 2.75) is 31.2 Å². The molecule has 146 valence electrons. The molecule has 0 radical (unpaired) electrons. The lowest BCUT2D eigenvalue weighted by molar-refractivity contribution is -0.137. The van der Waals surface area contributed by atoms with Crippen LogP contribution in [0.4, 0.5) is 18.3 Å². The number of halogens is 3. The number of rotatable bonds is 4. The van der Waals surface area contributed by atoms with Crippen molar-refractivity contribution in [3.8, 4) is 0 Å². The zero-order chi connectivity index (χ0) is 19.7. The fourth-order valence-corrected chi connectivity index (χ4v) is 4.40. The minimum absolute atomic E-state index is 0.320. The molecule has 2 aromatic carbocycles. The molecule has 1 saturated heterocycles. The highest BCUT2D eigenvalue weighted by Crippen LogP contribution is 2.39. The summed E-state index contributed by atoms with van der Waals surface area (Å²) in [6.45, 7) is 0.320. The second-order valence-corrected chi connectivity index (χ2v) is 7.86. The molecule has 3 aromatic rings. The predicted octanol–water partition coefficient (Wildman–Crippen LogP) is 4.46. The highest BCUT2D eigenvalue weighted by molar-refractivity contribution is 7.15. The number of aromatic nitrogens is 2. The Bertz CT molecular complexity index is 945. The molecular weight excluding hydrogens is 387 g/mol. The summed E-state index contributed by atoms with van der Waals surface area (Å²) in [6, 6.07) is 14.8. The Kier molecular flexibility index (Phi) is 5.07. The van der Waals surface area contributed by atoms with Gasteiger partial charge in [0.25, 0.3) is 0 Å². The van der Waals surface area contributed by atoms with Crippen molar-refractivity contribution in [1.82, 2.24) is 10.2 Å². The number of alkyl halides is 3. The molecule has 1 fully saturated rings. The van der Waals surface area contributed by atoms with Gasteiger partial charge in [0.05, 0.1) is 17.7 Å². The first-order valence-corrected chi connectivity index (χ1v) is 9.70. The molecule has 8 heteroatoms. The van der Waals surface area contributed by atoms with Crippen LogP contribution in [0.2, 0.25) is 0 Å². The molecule has 1 aliphatic heterocycles. The lowest BCUT2D eigenvalue weighted by Gasteiger charge is -2.24. The molecular formula is C20H18F3N3OS. The lowest BCUT2D eigenvalue weighted by Crippen LogP contribution is -2.24. The van der Waals surface area contributed by atoms with Crippen LogP contribution in [0.1, 0.15) is 34.2 Å². The maximum Gasteiger partial charge on any atom is 0.416 e. The molecule has 4 rings (SSSR count). The number of hydrogen-bond donors (Lipinski definition) is 1. The third kappa shape index (κ3) is 4.02. The summed E-state index contributed by atoms with van der Waals surface area (Å²) in [4.78, 5) is 1.85. The summed E-state index contributed by atoms with van der Waals surface area (Å²) < 4.78 is 39.2. The standard InChI is InChI=1S/C20H18F3N3OS/c21-20(22,23)15-8-4-7-14(10-15)17-11-16(27)12-26(17)19-25-24-18(28-19)9-13-5-2-1-3-6-13/h1-8,10,16-17,27H,9,11-12H2. The smallest absolute Gasteiger partial charge is 0.391 e. The molecule has 2 atom stereocenters. The van der Waals surface area contributed by atoms with E-state index in [-0.39, 0.29) is 6.04 Å². The SMILES string of the molecule is OC1CC(c2cccc(C(F)(F)F)c2)N(c2nnc(Cc3ccccc3)s2)C1. The van der Waals surface area contributed by atoms with Crippen LogP contribution in [0.3, 0.4) is 0 Å². The zero-order valence-corrected chi connectivity index (χ0v) is 15.6. The second-order valence-electron chi connectivity index (χ2n) is 6.82. The number of aliphatic hydroxyl groups is 1. The lowest BCUT2D eigenvalue weighted by atomic mass is 10.0. The van der Waals surface area contributed by atoms with Crippen molar-refractivity contribution in [1.29, 1.82) is 0 Å². The first kappa shape index (κ1) is 18.9. The van der Waals surface area contributed by atoms with Gasteiger partial charge in [-0.1, -0.05) is 53.8 Å². The Labute approximate surface area is 164 Å². The summed E-state index contributed by atoms with van der Waals surface area (Å²) in [6.07, 6.45) is -4.03. The average molecular weight is 405 g/mol. The third-order valence-corrected chi connectivity index (χ3v) is 5.74. The first-order valence-electron chi connectivity index (χ1n) is 8.88. The van der Waals surface area contributed by atoms with E-state index in [1.54, 1.807) is 6.07 Å². The van der Waals surface area contributed by atoms with E-state index in [1.807, 2.05) is 35.2 Å². The van der Waals surface area contributed by atoms with Gasteiger partial charge in [-0.05, 0) is 29.7 Å². The monoisotopic (exact) mass is 405 g/mol. The number of anilines is 1. The zero-order valence-electron chi connectivity index (χ0n) is 14.8. The van der Waals surface area contributed by atoms with E-state index in [1.165, 1.54) is 17.4 Å². The van der Waals surface area contributed by atoms with Crippen molar-refractivity contribution < 1.29 is 18.3 Å². The molecule has 0 aliphatic carbocycles. The molecule has 0 saturated carbocycles. The molecule has 1 N–H and O–H groups in total. The van der Waals surface area contributed by atoms with Gasteiger partial charge in [-0.15, -0.1) is 10.2 Å². The summed E-state index contributed by atoms with van der Waals surface area (Å²) in [5.41, 5.74) is 0.945. The molecule has 4 nitrogen and oxygen atoms in total. The maximum atomic E-state index is 13.1. The van der Waals surface area contributed by atoms with Gasteiger partial charge in [0.15, 0.2) is 0 Å². The Morgan fingerprint density at radius 1 is 1.07 bits per heavy atom. The average Bonchev–Trinajstić information content (AvgIpc) is 3.28. The number of benzene rings is 2. The van der Waals surface area contributed by atoms with E-state index >= 15 is 0 Å². The van der Waals surface area contributed by atoms with E-state index in [2.05, 4.69) is 10.2 Å². The Morgan fingerprint density at radius 2 is 1.86 bits per heavy atom. The van der Waals surface area contributed by atoms with E-state index in [0.29, 0.717) is 30.1 Å². The third-order valence-electron chi connectivity index (χ3n) is 4.78. The van der Waals surface area contributed by atoms with E-state index in [9.17, 15) is 18.3 Å². The minimum Gasteiger partial charge on any atom is -0.391 e. The van der Waals surface area contributed by atoms with Crippen molar-refractivity contribution in [3.05, 3.63) is 76.3 Å². The molecule has 1 aliphatic rings. The van der Waals surface area contributed by atoms with E-state index < -0.39 is 17.8 Å². The van der Waals surface area contributed by atoms with Crippen LogP contribution in [0, 0.1) is 0 Å². The van der Waals surface area contributed by atoms with Crippen LogP contribution < -0.4 is 4.90 Å². The van der Waals surface area contributed by atoms with Crippen LogP contribution in [-0.2, 0) is 12.6 Å². The van der Waals surface area contributed by atoms with Crippen molar-refractivity contribution in [2.75, 3.05) is 11.4 Å². The Morgan fingerprint density at radius 3 is 2.61 bits per heavy atom. The minimum atomic E-state index is -4.40. The van der Waals surface area contributed by atoms with Crippen LogP contribution in [0.15, 0.2) is 54.6 Å². The van der Waals surface area contributed by atoms with Gasteiger partial charge in [0.2, 0.25) is 5.13 Å². The second kappa shape index (κ2) is 7.52. The first-order chi connectivity index (χ1) is 13.4. The number of β-amino-alcohol motifs (C(OH)–C–C–N with tert-alkyl or cyclic N) is 1. The Hall–Kier alpha value is -2.45. The normalized spacial score (nSPS) is 19.9. The topological polar surface area (TPSA) is 49.2 Å². The molecule has 2 heterocycles. The Balaban J connectivity index is 1.59. The van der Waals surface area contributed by atoms with Gasteiger partial charge in [0.1, 0.15) is 5.01 Å². The number of nitrogens with zero attached hydrogens (tertiary/aromatic N) is 3. The van der Waals surface area contributed by atoms with Gasteiger partial charge in [-0.3, -0.25) is 0 Å². The van der Waals surface area contributed by atoms with Crippen LogP contribution in [0.25, 0.3) is 0 Å². The predicted molar refractivity (Wildman–Crippen MR) is 101 cm³/mol. The van der Waals surface area contributed by atoms with Crippen molar-refractivity contribution in [2.24, 2.45) is 0 Å². The molecule has 1 aromatic heterocycles. The fourth-order valence-electron chi connectivity index (χ4n) is 3.47. The fraction of sp³-hybridized carbons (Fsp3) is 0.300. The van der Waals surface area contributed by atoms with Crippen LogP contribution in [-0.4, -0.2) is 28.0 Å². The quantitative estimate of drug-likeness (QED) is 0.696. The number of hydrogen-bond acceptors (Lipinski definition) is 5. The van der Waals surface area contributed by atoms with Crippen LogP contribution >= 0.6 is 11.3 Å². The molecule has 0 spiro atoms. The summed E-state index contributed by atoms with van der Waals surface area (Å²) in [5, 5.41) is 20.1. The van der Waals surface area contributed by atoms with Crippen LogP contribution in [0.5, 0.6) is 0 Å². The highest BCUT2D eigenvalue weighted by Gasteiger charge is 2.36. The maximum absolute atomic E-state index is 13.1. The molecule has 28 heavy (non-hydrogen) atoms. The van der Waals surface area contributed by atoms with E-state index in [0.717, 1.165) is 22.7 Å². The van der Waals surface area contributed by atoms with Gasteiger partial charge in [-0.25, -0.2) is 0 Å². The van der Waals surface area contributed by atoms with Gasteiger partial charge >= 0.3 is 6.18 Å². The van der Waals surface area contributed by atoms with Gasteiger partial charge in [0, 0.05) is 13.0 Å². The summed E-state index contributed by atoms with van der Waals surface area (Å²) in [5.74, 6) is 0. The molecule has 0 amide bonds. The number of aliphatic hydroxyl groups excluding tert-OH is 1. The molecule has 2 unspecified atom stereocenters. The highest BCUT2D eigenvalue weighted by atomic mass is 32.1. The summed E-state index contributed by atoms with van der Waals surface area (Å²) >= 11 is 1.41. The van der Waals surface area contributed by atoms with E-state index in [4.69, 9.17) is 0 Å². The largest absolute Gasteiger partial charge is 0.416 e. The molecule has 0 bridgehead atoms. The van der Waals surface area contributed by atoms with Crippen molar-refractivity contribution in [3.63, 3.8) is 0 Å². The summed E-state index contributed by atoms with van der Waals surface area (Å²) in [7, 11) is 0. The van der Waals surface area contributed by atoms with Gasteiger partial charge < -0.3 is 10.0 Å².